The largest absolute Gasteiger partial charge is 0.453 e. The summed E-state index contributed by atoms with van der Waals surface area (Å²) < 4.78 is 5.40. The Labute approximate surface area is 110 Å². The predicted octanol–water partition coefficient (Wildman–Crippen LogP) is 2.67. The molecular weight excluding hydrogens is 242 g/mol. The first kappa shape index (κ1) is 11.7. The smallest absolute Gasteiger partial charge is 0.223 e. The average molecular weight is 255 g/mol. The third-order valence-electron chi connectivity index (χ3n) is 3.39. The molecule has 0 unspecified atom stereocenters. The van der Waals surface area contributed by atoms with Gasteiger partial charge in [-0.2, -0.15) is 0 Å². The van der Waals surface area contributed by atoms with Crippen molar-refractivity contribution in [1.82, 2.24) is 0 Å². The molecular formula is C15H13NO3. The lowest BCUT2D eigenvalue weighted by atomic mass is 10.1. The van der Waals surface area contributed by atoms with Gasteiger partial charge in [-0.15, -0.1) is 0 Å². The molecule has 0 N–H and O–H groups in total. The molecule has 1 amide bonds. The number of carbonyl (C=O) groups excluding carboxylic acids is 2. The Morgan fingerprint density at radius 2 is 2.16 bits per heavy atom. The monoisotopic (exact) mass is 255 g/mol. The van der Waals surface area contributed by atoms with E-state index in [9.17, 15) is 9.59 Å². The van der Waals surface area contributed by atoms with Crippen LogP contribution in [0.25, 0.3) is 11.3 Å². The summed E-state index contributed by atoms with van der Waals surface area (Å²) in [6, 6.07) is 9.31. The van der Waals surface area contributed by atoms with E-state index in [1.165, 1.54) is 5.56 Å². The summed E-state index contributed by atoms with van der Waals surface area (Å²) in [5.74, 6) is 0.989. The molecule has 1 aliphatic rings. The maximum absolute atomic E-state index is 11.6. The highest BCUT2D eigenvalue weighted by molar-refractivity contribution is 5.94. The first-order chi connectivity index (χ1) is 9.19. The Kier molecular flexibility index (Phi) is 2.71. The van der Waals surface area contributed by atoms with Crippen molar-refractivity contribution in [2.75, 3.05) is 11.4 Å². The molecule has 3 rings (SSSR count). The van der Waals surface area contributed by atoms with E-state index in [1.54, 1.807) is 24.0 Å². The number of fused-ring (bicyclic) bond motifs is 1. The zero-order valence-corrected chi connectivity index (χ0v) is 10.6. The normalized spacial score (nSPS) is 13.4. The number of hydrogen-bond donors (Lipinski definition) is 0. The van der Waals surface area contributed by atoms with Gasteiger partial charge in [0.1, 0.15) is 5.76 Å². The topological polar surface area (TPSA) is 50.5 Å². The van der Waals surface area contributed by atoms with Crippen LogP contribution in [0.3, 0.4) is 0 Å². The van der Waals surface area contributed by atoms with Gasteiger partial charge in [0.05, 0.1) is 0 Å². The van der Waals surface area contributed by atoms with Gasteiger partial charge in [0.2, 0.25) is 5.91 Å². The van der Waals surface area contributed by atoms with E-state index in [1.807, 2.05) is 18.2 Å². The molecule has 19 heavy (non-hydrogen) atoms. The third-order valence-corrected chi connectivity index (χ3v) is 3.39. The Morgan fingerprint density at radius 3 is 2.84 bits per heavy atom. The average Bonchev–Trinajstić information content (AvgIpc) is 3.04. The van der Waals surface area contributed by atoms with Crippen LogP contribution in [0.2, 0.25) is 0 Å². The Bertz CT molecular complexity index is 657. The van der Waals surface area contributed by atoms with Crippen molar-refractivity contribution in [2.24, 2.45) is 0 Å². The highest BCUT2D eigenvalue weighted by atomic mass is 16.3. The van der Waals surface area contributed by atoms with Crippen LogP contribution in [-0.4, -0.2) is 18.7 Å². The van der Waals surface area contributed by atoms with E-state index in [2.05, 4.69) is 0 Å². The SMILES string of the molecule is CC(=O)N1CCc2ccc(-c3ccc(C=O)o3)cc21. The Morgan fingerprint density at radius 1 is 1.32 bits per heavy atom. The van der Waals surface area contributed by atoms with Crippen LogP contribution in [-0.2, 0) is 11.2 Å². The van der Waals surface area contributed by atoms with Crippen LogP contribution in [0, 0.1) is 0 Å². The van der Waals surface area contributed by atoms with Gasteiger partial charge < -0.3 is 9.32 Å². The number of carbonyl (C=O) groups is 2. The summed E-state index contributed by atoms with van der Waals surface area (Å²) in [4.78, 5) is 24.0. The number of benzene rings is 1. The van der Waals surface area contributed by atoms with Crippen molar-refractivity contribution in [2.45, 2.75) is 13.3 Å². The molecule has 96 valence electrons. The standard InChI is InChI=1S/C15H13NO3/c1-10(18)16-7-6-11-2-3-12(8-14(11)16)15-5-4-13(9-17)19-15/h2-5,8-9H,6-7H2,1H3. The van der Waals surface area contributed by atoms with Crippen LogP contribution in [0.5, 0.6) is 0 Å². The molecule has 0 saturated heterocycles. The van der Waals surface area contributed by atoms with Gasteiger partial charge in [-0.3, -0.25) is 9.59 Å². The second kappa shape index (κ2) is 4.39. The fourth-order valence-corrected chi connectivity index (χ4v) is 2.43. The van der Waals surface area contributed by atoms with Crippen LogP contribution in [0.1, 0.15) is 23.0 Å². The summed E-state index contributed by atoms with van der Waals surface area (Å²) in [5.41, 5.74) is 2.98. The molecule has 0 fully saturated rings. The van der Waals surface area contributed by atoms with Crippen LogP contribution in [0.4, 0.5) is 5.69 Å². The van der Waals surface area contributed by atoms with Gasteiger partial charge in [0, 0.05) is 24.7 Å². The molecule has 1 aromatic carbocycles. The Hall–Kier alpha value is -2.36. The van der Waals surface area contributed by atoms with Gasteiger partial charge >= 0.3 is 0 Å². The van der Waals surface area contributed by atoms with Crippen molar-refractivity contribution in [3.8, 4) is 11.3 Å². The number of nitrogens with zero attached hydrogens (tertiary/aromatic N) is 1. The van der Waals surface area contributed by atoms with E-state index >= 15 is 0 Å². The molecule has 4 nitrogen and oxygen atoms in total. The first-order valence-electron chi connectivity index (χ1n) is 6.15. The molecule has 0 bridgehead atoms. The maximum Gasteiger partial charge on any atom is 0.223 e. The van der Waals surface area contributed by atoms with E-state index < -0.39 is 0 Å². The molecule has 0 saturated carbocycles. The zero-order valence-electron chi connectivity index (χ0n) is 10.6. The molecule has 0 atom stereocenters. The predicted molar refractivity (Wildman–Crippen MR) is 71.3 cm³/mol. The summed E-state index contributed by atoms with van der Waals surface area (Å²) in [6.45, 7) is 2.30. The summed E-state index contributed by atoms with van der Waals surface area (Å²) in [5, 5.41) is 0. The summed E-state index contributed by atoms with van der Waals surface area (Å²) in [7, 11) is 0. The molecule has 0 radical (unpaired) electrons. The van der Waals surface area contributed by atoms with Crippen molar-refractivity contribution < 1.29 is 14.0 Å². The lowest BCUT2D eigenvalue weighted by Gasteiger charge is -2.15. The molecule has 1 aromatic heterocycles. The number of anilines is 1. The van der Waals surface area contributed by atoms with E-state index in [0.717, 1.165) is 24.2 Å². The van der Waals surface area contributed by atoms with E-state index in [-0.39, 0.29) is 5.91 Å². The fraction of sp³-hybridized carbons (Fsp3) is 0.200. The third kappa shape index (κ3) is 1.95. The van der Waals surface area contributed by atoms with Gasteiger partial charge in [0.25, 0.3) is 0 Å². The van der Waals surface area contributed by atoms with Gasteiger partial charge in [-0.25, -0.2) is 0 Å². The number of amides is 1. The van der Waals surface area contributed by atoms with Gasteiger partial charge in [-0.05, 0) is 30.2 Å². The van der Waals surface area contributed by atoms with Crippen LogP contribution in [0.15, 0.2) is 34.7 Å². The minimum Gasteiger partial charge on any atom is -0.453 e. The highest BCUT2D eigenvalue weighted by Gasteiger charge is 2.22. The van der Waals surface area contributed by atoms with Crippen LogP contribution < -0.4 is 4.90 Å². The van der Waals surface area contributed by atoms with Gasteiger partial charge in [-0.1, -0.05) is 12.1 Å². The fourth-order valence-electron chi connectivity index (χ4n) is 2.43. The first-order valence-corrected chi connectivity index (χ1v) is 6.15. The van der Waals surface area contributed by atoms with Crippen molar-refractivity contribution >= 4 is 17.9 Å². The Balaban J connectivity index is 2.03. The highest BCUT2D eigenvalue weighted by Crippen LogP contribution is 2.33. The zero-order chi connectivity index (χ0) is 13.4. The number of rotatable bonds is 2. The van der Waals surface area contributed by atoms with Gasteiger partial charge in [0.15, 0.2) is 12.0 Å². The van der Waals surface area contributed by atoms with Crippen molar-refractivity contribution in [3.63, 3.8) is 0 Å². The van der Waals surface area contributed by atoms with Crippen LogP contribution >= 0.6 is 0 Å². The molecule has 0 spiro atoms. The number of aldehydes is 1. The summed E-state index contributed by atoms with van der Waals surface area (Å²) >= 11 is 0. The second-order valence-electron chi connectivity index (χ2n) is 4.58. The molecule has 0 aliphatic carbocycles. The minimum atomic E-state index is 0.0453. The summed E-state index contributed by atoms with van der Waals surface area (Å²) in [6.07, 6.45) is 1.56. The van der Waals surface area contributed by atoms with E-state index in [0.29, 0.717) is 17.8 Å². The molecule has 4 heteroatoms. The second-order valence-corrected chi connectivity index (χ2v) is 4.58. The molecule has 2 heterocycles. The quantitative estimate of drug-likeness (QED) is 0.775. The minimum absolute atomic E-state index is 0.0453. The van der Waals surface area contributed by atoms with E-state index in [4.69, 9.17) is 4.42 Å². The molecule has 1 aliphatic heterocycles. The lowest BCUT2D eigenvalue weighted by molar-refractivity contribution is -0.116. The number of hydrogen-bond acceptors (Lipinski definition) is 3. The lowest BCUT2D eigenvalue weighted by Crippen LogP contribution is -2.25. The molecule has 2 aromatic rings. The maximum atomic E-state index is 11.6. The number of furan rings is 1. The van der Waals surface area contributed by atoms with Crippen molar-refractivity contribution in [1.29, 1.82) is 0 Å². The van der Waals surface area contributed by atoms with Crippen molar-refractivity contribution in [3.05, 3.63) is 41.7 Å².